The normalized spacial score (nSPS) is 10.8. The number of hydrogen-bond donors (Lipinski definition) is 1. The lowest BCUT2D eigenvalue weighted by molar-refractivity contribution is 0.797. The highest BCUT2D eigenvalue weighted by atomic mass is 32.1. The molecule has 2 heterocycles. The molecule has 0 radical (unpaired) electrons. The minimum atomic E-state index is 0.853. The number of hydrogen-bond acceptors (Lipinski definition) is 3. The molecule has 1 aromatic carbocycles. The number of thiophene rings is 1. The molecule has 2 aromatic heterocycles. The molecule has 108 valence electrons. The first-order chi connectivity index (χ1) is 10.2. The summed E-state index contributed by atoms with van der Waals surface area (Å²) in [6, 6.07) is 10.8. The lowest BCUT2D eigenvalue weighted by atomic mass is 10.2. The van der Waals surface area contributed by atoms with Crippen LogP contribution in [0.2, 0.25) is 0 Å². The van der Waals surface area contributed by atoms with Gasteiger partial charge in [-0.15, -0.1) is 11.3 Å². The third kappa shape index (κ3) is 3.52. The SMILES string of the molecule is Cc1cc(CNc2cccc(Cn3ccnc3)c2)c(C)s1. The smallest absolute Gasteiger partial charge is 0.0949 e. The largest absolute Gasteiger partial charge is 0.381 e. The van der Waals surface area contributed by atoms with E-state index in [0.29, 0.717) is 0 Å². The summed E-state index contributed by atoms with van der Waals surface area (Å²) in [5.41, 5.74) is 3.82. The quantitative estimate of drug-likeness (QED) is 0.764. The van der Waals surface area contributed by atoms with Crippen LogP contribution < -0.4 is 5.32 Å². The highest BCUT2D eigenvalue weighted by molar-refractivity contribution is 7.12. The predicted octanol–water partition coefficient (Wildman–Crippen LogP) is 4.22. The van der Waals surface area contributed by atoms with Gasteiger partial charge in [0.15, 0.2) is 0 Å². The minimum absolute atomic E-state index is 0.853. The molecular weight excluding hydrogens is 278 g/mol. The van der Waals surface area contributed by atoms with Crippen molar-refractivity contribution in [3.63, 3.8) is 0 Å². The van der Waals surface area contributed by atoms with Crippen LogP contribution in [0, 0.1) is 13.8 Å². The molecule has 0 aliphatic rings. The van der Waals surface area contributed by atoms with E-state index in [1.165, 1.54) is 20.9 Å². The number of benzene rings is 1. The van der Waals surface area contributed by atoms with Crippen LogP contribution in [0.3, 0.4) is 0 Å². The van der Waals surface area contributed by atoms with E-state index in [0.717, 1.165) is 18.8 Å². The average Bonchev–Trinajstić information content (AvgIpc) is 3.07. The fraction of sp³-hybridized carbons (Fsp3) is 0.235. The summed E-state index contributed by atoms with van der Waals surface area (Å²) in [6.45, 7) is 6.08. The Morgan fingerprint density at radius 3 is 2.86 bits per heavy atom. The number of imidazole rings is 1. The molecule has 0 bridgehead atoms. The summed E-state index contributed by atoms with van der Waals surface area (Å²) in [5, 5.41) is 3.52. The van der Waals surface area contributed by atoms with E-state index in [2.05, 4.69) is 59.0 Å². The van der Waals surface area contributed by atoms with E-state index >= 15 is 0 Å². The second-order valence-electron chi connectivity index (χ2n) is 5.23. The average molecular weight is 297 g/mol. The van der Waals surface area contributed by atoms with Gasteiger partial charge in [0.1, 0.15) is 0 Å². The van der Waals surface area contributed by atoms with Crippen molar-refractivity contribution in [3.05, 3.63) is 69.9 Å². The number of anilines is 1. The van der Waals surface area contributed by atoms with Crippen molar-refractivity contribution < 1.29 is 0 Å². The second-order valence-corrected chi connectivity index (χ2v) is 6.69. The topological polar surface area (TPSA) is 29.9 Å². The van der Waals surface area contributed by atoms with Crippen LogP contribution in [0.25, 0.3) is 0 Å². The molecule has 0 aliphatic heterocycles. The van der Waals surface area contributed by atoms with E-state index in [1.54, 1.807) is 0 Å². The van der Waals surface area contributed by atoms with E-state index in [9.17, 15) is 0 Å². The fourth-order valence-electron chi connectivity index (χ4n) is 2.43. The third-order valence-electron chi connectivity index (χ3n) is 3.48. The van der Waals surface area contributed by atoms with Crippen molar-refractivity contribution in [1.82, 2.24) is 9.55 Å². The van der Waals surface area contributed by atoms with Gasteiger partial charge in [0.2, 0.25) is 0 Å². The zero-order valence-electron chi connectivity index (χ0n) is 12.3. The molecule has 0 fully saturated rings. The predicted molar refractivity (Wildman–Crippen MR) is 88.9 cm³/mol. The second kappa shape index (κ2) is 6.14. The Hall–Kier alpha value is -2.07. The molecule has 3 nitrogen and oxygen atoms in total. The van der Waals surface area contributed by atoms with E-state index in [-0.39, 0.29) is 0 Å². The fourth-order valence-corrected chi connectivity index (χ4v) is 3.37. The minimum Gasteiger partial charge on any atom is -0.381 e. The zero-order valence-corrected chi connectivity index (χ0v) is 13.2. The van der Waals surface area contributed by atoms with Crippen LogP contribution in [0.1, 0.15) is 20.9 Å². The Kier molecular flexibility index (Phi) is 4.06. The molecule has 1 N–H and O–H groups in total. The Morgan fingerprint density at radius 1 is 1.24 bits per heavy atom. The van der Waals surface area contributed by atoms with Gasteiger partial charge < -0.3 is 9.88 Å². The van der Waals surface area contributed by atoms with E-state index < -0.39 is 0 Å². The molecular formula is C17H19N3S. The van der Waals surface area contributed by atoms with Crippen LogP contribution in [0.4, 0.5) is 5.69 Å². The van der Waals surface area contributed by atoms with Crippen LogP contribution in [0.5, 0.6) is 0 Å². The Morgan fingerprint density at radius 2 is 2.14 bits per heavy atom. The monoisotopic (exact) mass is 297 g/mol. The van der Waals surface area contributed by atoms with Gasteiger partial charge in [-0.2, -0.15) is 0 Å². The lowest BCUT2D eigenvalue weighted by Crippen LogP contribution is -2.01. The molecule has 0 amide bonds. The van der Waals surface area contributed by atoms with Gasteiger partial charge >= 0.3 is 0 Å². The molecule has 21 heavy (non-hydrogen) atoms. The summed E-state index contributed by atoms with van der Waals surface area (Å²) in [6.07, 6.45) is 5.64. The summed E-state index contributed by atoms with van der Waals surface area (Å²) >= 11 is 1.86. The van der Waals surface area contributed by atoms with Crippen LogP contribution in [-0.2, 0) is 13.1 Å². The van der Waals surface area contributed by atoms with Crippen molar-refractivity contribution in [2.75, 3.05) is 5.32 Å². The van der Waals surface area contributed by atoms with Crippen molar-refractivity contribution >= 4 is 17.0 Å². The molecule has 0 saturated heterocycles. The van der Waals surface area contributed by atoms with Gasteiger partial charge in [0.05, 0.1) is 6.33 Å². The van der Waals surface area contributed by atoms with Crippen molar-refractivity contribution in [1.29, 1.82) is 0 Å². The van der Waals surface area contributed by atoms with Gasteiger partial charge in [-0.05, 0) is 43.2 Å². The molecule has 4 heteroatoms. The van der Waals surface area contributed by atoms with Crippen LogP contribution in [-0.4, -0.2) is 9.55 Å². The molecule has 0 spiro atoms. The number of nitrogens with one attached hydrogen (secondary N) is 1. The van der Waals surface area contributed by atoms with E-state index in [1.807, 2.05) is 30.1 Å². The van der Waals surface area contributed by atoms with Gasteiger partial charge in [-0.25, -0.2) is 4.98 Å². The van der Waals surface area contributed by atoms with Gasteiger partial charge in [-0.1, -0.05) is 12.1 Å². The summed E-state index contributed by atoms with van der Waals surface area (Å²) in [5.74, 6) is 0. The van der Waals surface area contributed by atoms with Gasteiger partial charge in [0, 0.05) is 40.9 Å². The highest BCUT2D eigenvalue weighted by Crippen LogP contribution is 2.22. The maximum absolute atomic E-state index is 4.08. The Bertz CT molecular complexity index is 713. The first kappa shape index (κ1) is 13.9. The highest BCUT2D eigenvalue weighted by Gasteiger charge is 2.03. The van der Waals surface area contributed by atoms with E-state index in [4.69, 9.17) is 0 Å². The maximum Gasteiger partial charge on any atom is 0.0949 e. The molecule has 0 atom stereocenters. The first-order valence-corrected chi connectivity index (χ1v) is 7.87. The number of rotatable bonds is 5. The number of nitrogens with zero attached hydrogens (tertiary/aromatic N) is 2. The lowest BCUT2D eigenvalue weighted by Gasteiger charge is -2.09. The summed E-state index contributed by atoms with van der Waals surface area (Å²) < 4.78 is 2.07. The zero-order chi connectivity index (χ0) is 14.7. The van der Waals surface area contributed by atoms with Crippen LogP contribution >= 0.6 is 11.3 Å². The van der Waals surface area contributed by atoms with Crippen molar-refractivity contribution in [2.24, 2.45) is 0 Å². The Balaban J connectivity index is 1.67. The third-order valence-corrected chi connectivity index (χ3v) is 4.49. The molecule has 3 aromatic rings. The standard InChI is InChI=1S/C17H19N3S/c1-13-8-16(14(2)21-13)10-19-17-5-3-4-15(9-17)11-20-7-6-18-12-20/h3-9,12,19H,10-11H2,1-2H3. The molecule has 0 saturated carbocycles. The summed E-state index contributed by atoms with van der Waals surface area (Å²) in [7, 11) is 0. The molecule has 3 rings (SSSR count). The number of aryl methyl sites for hydroxylation is 2. The Labute approximate surface area is 129 Å². The molecule has 0 unspecified atom stereocenters. The van der Waals surface area contributed by atoms with Crippen molar-refractivity contribution in [3.8, 4) is 0 Å². The summed E-state index contributed by atoms with van der Waals surface area (Å²) in [4.78, 5) is 6.85. The number of aromatic nitrogens is 2. The molecule has 0 aliphatic carbocycles. The van der Waals surface area contributed by atoms with Crippen LogP contribution in [0.15, 0.2) is 49.1 Å². The van der Waals surface area contributed by atoms with Crippen molar-refractivity contribution in [2.45, 2.75) is 26.9 Å². The van der Waals surface area contributed by atoms with Gasteiger partial charge in [-0.3, -0.25) is 0 Å². The van der Waals surface area contributed by atoms with Gasteiger partial charge in [0.25, 0.3) is 0 Å². The first-order valence-electron chi connectivity index (χ1n) is 7.05. The maximum atomic E-state index is 4.08.